The van der Waals surface area contributed by atoms with Crippen molar-refractivity contribution in [3.8, 4) is 6.07 Å². The van der Waals surface area contributed by atoms with Crippen molar-refractivity contribution in [2.75, 3.05) is 5.32 Å². The summed E-state index contributed by atoms with van der Waals surface area (Å²) in [5.41, 5.74) is 1.18. The molecular formula is C8H5N3O. The van der Waals surface area contributed by atoms with E-state index >= 15 is 0 Å². The molecule has 2 heterocycles. The first-order chi connectivity index (χ1) is 5.83. The Labute approximate surface area is 68.8 Å². The van der Waals surface area contributed by atoms with E-state index in [-0.39, 0.29) is 5.91 Å². The Morgan fingerprint density at radius 2 is 2.50 bits per heavy atom. The summed E-state index contributed by atoms with van der Waals surface area (Å²) < 4.78 is 0. The lowest BCUT2D eigenvalue weighted by molar-refractivity contribution is -0.116. The number of pyridine rings is 1. The van der Waals surface area contributed by atoms with E-state index in [0.29, 0.717) is 11.4 Å². The summed E-state index contributed by atoms with van der Waals surface area (Å²) in [6, 6.07) is 5.35. The van der Waals surface area contributed by atoms with Gasteiger partial charge in [-0.25, -0.2) is 0 Å². The zero-order valence-electron chi connectivity index (χ0n) is 6.11. The molecule has 0 bridgehead atoms. The fourth-order valence-electron chi connectivity index (χ4n) is 1.20. The monoisotopic (exact) mass is 159 g/mol. The van der Waals surface area contributed by atoms with Crippen LogP contribution in [-0.4, -0.2) is 10.9 Å². The number of fused-ring (bicyclic) bond motifs is 1. The number of carbonyl (C=O) groups excluding carboxylic acids is 1. The number of nitriles is 1. The lowest BCUT2D eigenvalue weighted by Crippen LogP contribution is -2.10. The van der Waals surface area contributed by atoms with Gasteiger partial charge in [0.25, 0.3) is 0 Å². The highest BCUT2D eigenvalue weighted by Crippen LogP contribution is 2.28. The van der Waals surface area contributed by atoms with E-state index in [1.165, 1.54) is 0 Å². The van der Waals surface area contributed by atoms with Crippen LogP contribution in [0, 0.1) is 11.3 Å². The van der Waals surface area contributed by atoms with Gasteiger partial charge in [-0.1, -0.05) is 0 Å². The number of hydrogen-bond donors (Lipinski definition) is 1. The Hall–Kier alpha value is -1.89. The van der Waals surface area contributed by atoms with E-state index in [0.717, 1.165) is 0 Å². The molecule has 0 fully saturated rings. The maximum Gasteiger partial charge on any atom is 0.248 e. The van der Waals surface area contributed by atoms with Crippen molar-refractivity contribution >= 4 is 11.6 Å². The van der Waals surface area contributed by atoms with Gasteiger partial charge in [-0.3, -0.25) is 9.78 Å². The second kappa shape index (κ2) is 2.31. The smallest absolute Gasteiger partial charge is 0.248 e. The van der Waals surface area contributed by atoms with Crippen LogP contribution in [0.25, 0.3) is 0 Å². The molecule has 0 aliphatic carbocycles. The van der Waals surface area contributed by atoms with Crippen molar-refractivity contribution in [1.29, 1.82) is 5.26 Å². The number of amides is 1. The zero-order chi connectivity index (χ0) is 8.55. The van der Waals surface area contributed by atoms with Gasteiger partial charge >= 0.3 is 0 Å². The summed E-state index contributed by atoms with van der Waals surface area (Å²) in [7, 11) is 0. The number of aromatic nitrogens is 1. The summed E-state index contributed by atoms with van der Waals surface area (Å²) >= 11 is 0. The molecule has 0 spiro atoms. The summed E-state index contributed by atoms with van der Waals surface area (Å²) in [5.74, 6) is -1.02. The van der Waals surface area contributed by atoms with Gasteiger partial charge in [0, 0.05) is 6.20 Å². The predicted octanol–water partition coefficient (Wildman–Crippen LogP) is 0.641. The normalized spacial score (nSPS) is 19.6. The molecule has 4 nitrogen and oxygen atoms in total. The van der Waals surface area contributed by atoms with Crippen LogP contribution in [0.1, 0.15) is 11.6 Å². The summed E-state index contributed by atoms with van der Waals surface area (Å²) in [6.45, 7) is 0. The average molecular weight is 159 g/mol. The van der Waals surface area contributed by atoms with Gasteiger partial charge in [0.05, 0.1) is 17.5 Å². The first-order valence-electron chi connectivity index (χ1n) is 3.48. The molecule has 1 aromatic heterocycles. The Morgan fingerprint density at radius 1 is 1.67 bits per heavy atom. The number of nitrogens with zero attached hydrogens (tertiary/aromatic N) is 2. The molecule has 4 heteroatoms. The molecule has 12 heavy (non-hydrogen) atoms. The van der Waals surface area contributed by atoms with E-state index < -0.39 is 5.92 Å². The maximum atomic E-state index is 11.1. The minimum absolute atomic E-state index is 0.286. The van der Waals surface area contributed by atoms with Gasteiger partial charge < -0.3 is 5.32 Å². The fourth-order valence-corrected chi connectivity index (χ4v) is 1.20. The molecule has 1 aliphatic heterocycles. The van der Waals surface area contributed by atoms with Crippen LogP contribution in [0.2, 0.25) is 0 Å². The number of nitrogens with one attached hydrogen (secondary N) is 1. The largest absolute Gasteiger partial charge is 0.323 e. The van der Waals surface area contributed by atoms with Gasteiger partial charge in [-0.15, -0.1) is 0 Å². The van der Waals surface area contributed by atoms with E-state index in [9.17, 15) is 4.79 Å². The Balaban J connectivity index is 2.56. The molecule has 0 radical (unpaired) electrons. The maximum absolute atomic E-state index is 11.1. The first-order valence-corrected chi connectivity index (χ1v) is 3.48. The lowest BCUT2D eigenvalue weighted by atomic mass is 10.1. The summed E-state index contributed by atoms with van der Waals surface area (Å²) in [6.07, 6.45) is 1.57. The minimum atomic E-state index is -0.735. The van der Waals surface area contributed by atoms with E-state index in [4.69, 9.17) is 5.26 Å². The molecular weight excluding hydrogens is 154 g/mol. The van der Waals surface area contributed by atoms with Crippen molar-refractivity contribution in [3.63, 3.8) is 0 Å². The SMILES string of the molecule is N#CC1C(=O)Nc2cccnc21. The third kappa shape index (κ3) is 0.768. The third-order valence-electron chi connectivity index (χ3n) is 1.76. The fraction of sp³-hybridized carbons (Fsp3) is 0.125. The van der Waals surface area contributed by atoms with Crippen molar-refractivity contribution in [1.82, 2.24) is 4.98 Å². The number of hydrogen-bond acceptors (Lipinski definition) is 3. The standard InChI is InChI=1S/C8H5N3O/c9-4-5-7-6(11-8(5)12)2-1-3-10-7/h1-3,5H,(H,11,12). The van der Waals surface area contributed by atoms with Crippen molar-refractivity contribution < 1.29 is 4.79 Å². The topological polar surface area (TPSA) is 65.8 Å². The minimum Gasteiger partial charge on any atom is -0.323 e. The molecule has 1 N–H and O–H groups in total. The second-order valence-electron chi connectivity index (χ2n) is 2.49. The highest BCUT2D eigenvalue weighted by atomic mass is 16.2. The van der Waals surface area contributed by atoms with E-state index in [2.05, 4.69) is 10.3 Å². The Morgan fingerprint density at radius 3 is 3.25 bits per heavy atom. The first kappa shape index (κ1) is 6.80. The number of anilines is 1. The van der Waals surface area contributed by atoms with Crippen LogP contribution >= 0.6 is 0 Å². The zero-order valence-corrected chi connectivity index (χ0v) is 6.11. The Kier molecular flexibility index (Phi) is 1.31. The van der Waals surface area contributed by atoms with Crippen molar-refractivity contribution in [2.24, 2.45) is 0 Å². The van der Waals surface area contributed by atoms with Crippen LogP contribution in [0.5, 0.6) is 0 Å². The van der Waals surface area contributed by atoms with Crippen LogP contribution in [0.15, 0.2) is 18.3 Å². The van der Waals surface area contributed by atoms with E-state index in [1.807, 2.05) is 6.07 Å². The molecule has 0 aromatic carbocycles. The van der Waals surface area contributed by atoms with Crippen LogP contribution in [-0.2, 0) is 4.79 Å². The molecule has 1 amide bonds. The van der Waals surface area contributed by atoms with Crippen molar-refractivity contribution in [3.05, 3.63) is 24.0 Å². The molecule has 1 aliphatic rings. The second-order valence-corrected chi connectivity index (χ2v) is 2.49. The van der Waals surface area contributed by atoms with Crippen LogP contribution in [0.3, 0.4) is 0 Å². The van der Waals surface area contributed by atoms with Crippen molar-refractivity contribution in [2.45, 2.75) is 5.92 Å². The lowest BCUT2D eigenvalue weighted by Gasteiger charge is -1.94. The highest BCUT2D eigenvalue weighted by molar-refractivity contribution is 6.03. The van der Waals surface area contributed by atoms with Crippen LogP contribution in [0.4, 0.5) is 5.69 Å². The van der Waals surface area contributed by atoms with Gasteiger partial charge in [-0.05, 0) is 12.1 Å². The van der Waals surface area contributed by atoms with E-state index in [1.54, 1.807) is 18.3 Å². The number of rotatable bonds is 0. The number of carbonyl (C=O) groups is 1. The Bertz CT molecular complexity index is 380. The molecule has 2 rings (SSSR count). The van der Waals surface area contributed by atoms with Gasteiger partial charge in [0.2, 0.25) is 5.91 Å². The van der Waals surface area contributed by atoms with Gasteiger partial charge in [0.15, 0.2) is 5.92 Å². The predicted molar refractivity (Wildman–Crippen MR) is 41.2 cm³/mol. The molecule has 0 saturated heterocycles. The molecule has 1 atom stereocenters. The van der Waals surface area contributed by atoms with Gasteiger partial charge in [0.1, 0.15) is 0 Å². The molecule has 1 unspecified atom stereocenters. The molecule has 1 aromatic rings. The molecule has 0 saturated carbocycles. The third-order valence-corrected chi connectivity index (χ3v) is 1.76. The van der Waals surface area contributed by atoms with Gasteiger partial charge in [-0.2, -0.15) is 5.26 Å². The summed E-state index contributed by atoms with van der Waals surface area (Å²) in [4.78, 5) is 15.0. The summed E-state index contributed by atoms with van der Waals surface area (Å²) in [5, 5.41) is 11.2. The quantitative estimate of drug-likeness (QED) is 0.604. The highest BCUT2D eigenvalue weighted by Gasteiger charge is 2.31. The average Bonchev–Trinajstić information content (AvgIpc) is 2.40. The molecule has 58 valence electrons. The van der Waals surface area contributed by atoms with Crippen LogP contribution < -0.4 is 5.32 Å².